The van der Waals surface area contributed by atoms with Crippen LogP contribution in [0.5, 0.6) is 0 Å². The third kappa shape index (κ3) is 3.93. The molecule has 0 atom stereocenters. The van der Waals surface area contributed by atoms with Gasteiger partial charge in [0.25, 0.3) is 0 Å². The van der Waals surface area contributed by atoms with Gasteiger partial charge in [0.05, 0.1) is 11.9 Å². The number of amides is 1. The summed E-state index contributed by atoms with van der Waals surface area (Å²) < 4.78 is 25.8. The predicted octanol–water partition coefficient (Wildman–Crippen LogP) is 2.29. The summed E-state index contributed by atoms with van der Waals surface area (Å²) in [5, 5.41) is 9.20. The van der Waals surface area contributed by atoms with Gasteiger partial charge in [-0.1, -0.05) is 0 Å². The quantitative estimate of drug-likeness (QED) is 0.848. The van der Waals surface area contributed by atoms with E-state index in [-0.39, 0.29) is 17.8 Å². The van der Waals surface area contributed by atoms with Gasteiger partial charge in [-0.2, -0.15) is 0 Å². The zero-order chi connectivity index (χ0) is 14.7. The molecule has 1 aliphatic rings. The molecule has 1 N–H and O–H groups in total. The Hall–Kier alpha value is -1.14. The Morgan fingerprint density at radius 3 is 2.70 bits per heavy atom. The number of hydrogen-bond donors (Lipinski definition) is 1. The van der Waals surface area contributed by atoms with Crippen molar-refractivity contribution in [2.45, 2.75) is 23.8 Å². The number of thioether (sulfide) groups is 1. The molecule has 1 fully saturated rings. The molecule has 1 aliphatic carbocycles. The molecular weight excluding hydrogens is 284 g/mol. The minimum absolute atomic E-state index is 0.0545. The van der Waals surface area contributed by atoms with Crippen LogP contribution in [0.4, 0.5) is 8.78 Å². The minimum Gasteiger partial charge on any atom is -0.393 e. The number of carbonyl (C=O) groups excluding carboxylic acids is 1. The summed E-state index contributed by atoms with van der Waals surface area (Å²) in [5.41, 5.74) is 0. The maximum atomic E-state index is 13.0. The first-order valence-corrected chi connectivity index (χ1v) is 7.44. The fourth-order valence-electron chi connectivity index (χ4n) is 2.16. The van der Waals surface area contributed by atoms with E-state index in [1.807, 2.05) is 0 Å². The zero-order valence-corrected chi connectivity index (χ0v) is 12.0. The molecule has 0 saturated heterocycles. The fraction of sp³-hybridized carbons (Fsp3) is 0.500. The van der Waals surface area contributed by atoms with Gasteiger partial charge in [-0.05, 0) is 37.0 Å². The van der Waals surface area contributed by atoms with Gasteiger partial charge in [-0.3, -0.25) is 4.79 Å². The second-order valence-corrected chi connectivity index (χ2v) is 6.18. The number of hydrogen-bond acceptors (Lipinski definition) is 3. The van der Waals surface area contributed by atoms with E-state index in [9.17, 15) is 18.7 Å². The van der Waals surface area contributed by atoms with Crippen LogP contribution in [0.3, 0.4) is 0 Å². The largest absolute Gasteiger partial charge is 0.393 e. The van der Waals surface area contributed by atoms with Gasteiger partial charge < -0.3 is 10.0 Å². The van der Waals surface area contributed by atoms with Crippen LogP contribution in [0.25, 0.3) is 0 Å². The molecule has 0 radical (unpaired) electrons. The maximum absolute atomic E-state index is 13.0. The molecule has 3 nitrogen and oxygen atoms in total. The molecular formula is C14H17F2NO2S. The van der Waals surface area contributed by atoms with Crippen molar-refractivity contribution in [3.63, 3.8) is 0 Å². The van der Waals surface area contributed by atoms with E-state index in [1.54, 1.807) is 11.9 Å². The highest BCUT2D eigenvalue weighted by Gasteiger charge is 2.28. The second-order valence-electron chi connectivity index (χ2n) is 5.13. The first-order chi connectivity index (χ1) is 9.45. The molecule has 6 heteroatoms. The van der Waals surface area contributed by atoms with Crippen LogP contribution in [-0.2, 0) is 4.79 Å². The molecule has 110 valence electrons. The van der Waals surface area contributed by atoms with Crippen LogP contribution < -0.4 is 0 Å². The van der Waals surface area contributed by atoms with Gasteiger partial charge in [0.1, 0.15) is 0 Å². The molecule has 0 unspecified atom stereocenters. The van der Waals surface area contributed by atoms with E-state index in [1.165, 1.54) is 17.8 Å². The van der Waals surface area contributed by atoms with Crippen molar-refractivity contribution >= 4 is 17.7 Å². The summed E-state index contributed by atoms with van der Waals surface area (Å²) in [5.74, 6) is -1.29. The molecule has 0 heterocycles. The highest BCUT2D eigenvalue weighted by molar-refractivity contribution is 8.00. The number of aliphatic hydroxyl groups excluding tert-OH is 1. The Bertz CT molecular complexity index is 492. The van der Waals surface area contributed by atoms with Crippen molar-refractivity contribution in [2.24, 2.45) is 5.92 Å². The molecule has 1 aromatic rings. The van der Waals surface area contributed by atoms with E-state index in [0.29, 0.717) is 17.4 Å². The molecule has 1 saturated carbocycles. The smallest absolute Gasteiger partial charge is 0.232 e. The minimum atomic E-state index is -0.903. The summed E-state index contributed by atoms with van der Waals surface area (Å²) in [6.07, 6.45) is 1.27. The van der Waals surface area contributed by atoms with Crippen LogP contribution in [0.2, 0.25) is 0 Å². The summed E-state index contributed by atoms with van der Waals surface area (Å²) in [6, 6.07) is 3.61. The lowest BCUT2D eigenvalue weighted by atomic mass is 9.82. The first-order valence-electron chi connectivity index (χ1n) is 6.45. The molecule has 20 heavy (non-hydrogen) atoms. The Labute approximate surface area is 121 Å². The van der Waals surface area contributed by atoms with Gasteiger partial charge >= 0.3 is 0 Å². The first kappa shape index (κ1) is 15.3. The summed E-state index contributed by atoms with van der Waals surface area (Å²) in [6.45, 7) is 0.633. The topological polar surface area (TPSA) is 40.5 Å². The third-order valence-electron chi connectivity index (χ3n) is 3.42. The van der Waals surface area contributed by atoms with Gasteiger partial charge in [0, 0.05) is 18.5 Å². The maximum Gasteiger partial charge on any atom is 0.232 e. The standard InChI is InChI=1S/C14H17F2NO2S/c1-17(7-9-4-10(18)5-9)14(19)8-20-11-2-3-12(15)13(16)6-11/h2-3,6,9-10,18H,4-5,7-8H2,1H3. The van der Waals surface area contributed by atoms with Crippen LogP contribution in [0.1, 0.15) is 12.8 Å². The Kier molecular flexibility index (Phi) is 4.99. The van der Waals surface area contributed by atoms with Crippen LogP contribution >= 0.6 is 11.8 Å². The number of rotatable bonds is 5. The van der Waals surface area contributed by atoms with Crippen molar-refractivity contribution < 1.29 is 18.7 Å². The normalized spacial score (nSPS) is 21.4. The van der Waals surface area contributed by atoms with Crippen molar-refractivity contribution in [3.05, 3.63) is 29.8 Å². The van der Waals surface area contributed by atoms with E-state index in [4.69, 9.17) is 0 Å². The Morgan fingerprint density at radius 1 is 1.40 bits per heavy atom. The monoisotopic (exact) mass is 301 g/mol. The van der Waals surface area contributed by atoms with E-state index in [0.717, 1.165) is 25.0 Å². The number of benzene rings is 1. The molecule has 0 bridgehead atoms. The van der Waals surface area contributed by atoms with Crippen LogP contribution in [-0.4, -0.2) is 41.4 Å². The molecule has 2 rings (SSSR count). The number of aliphatic hydroxyl groups is 1. The molecule has 1 amide bonds. The summed E-state index contributed by atoms with van der Waals surface area (Å²) >= 11 is 1.19. The fourth-order valence-corrected chi connectivity index (χ4v) is 3.02. The van der Waals surface area contributed by atoms with Crippen molar-refractivity contribution in [1.29, 1.82) is 0 Å². The highest BCUT2D eigenvalue weighted by Crippen LogP contribution is 2.28. The molecule has 1 aromatic carbocycles. The van der Waals surface area contributed by atoms with Gasteiger partial charge in [-0.25, -0.2) is 8.78 Å². The Morgan fingerprint density at radius 2 is 2.10 bits per heavy atom. The average Bonchev–Trinajstić information content (AvgIpc) is 2.38. The summed E-state index contributed by atoms with van der Waals surface area (Å²) in [7, 11) is 1.72. The molecule has 0 aromatic heterocycles. The predicted molar refractivity (Wildman–Crippen MR) is 73.4 cm³/mol. The van der Waals surface area contributed by atoms with Crippen LogP contribution in [0, 0.1) is 17.6 Å². The van der Waals surface area contributed by atoms with E-state index in [2.05, 4.69) is 0 Å². The van der Waals surface area contributed by atoms with Crippen molar-refractivity contribution in [1.82, 2.24) is 4.90 Å². The average molecular weight is 301 g/mol. The lowest BCUT2D eigenvalue weighted by Crippen LogP contribution is -2.40. The summed E-state index contributed by atoms with van der Waals surface area (Å²) in [4.78, 5) is 14.1. The number of carbonyl (C=O) groups is 1. The number of nitrogens with zero attached hydrogens (tertiary/aromatic N) is 1. The van der Waals surface area contributed by atoms with Crippen LogP contribution in [0.15, 0.2) is 23.1 Å². The molecule has 0 spiro atoms. The van der Waals surface area contributed by atoms with Gasteiger partial charge in [0.15, 0.2) is 11.6 Å². The van der Waals surface area contributed by atoms with E-state index >= 15 is 0 Å². The lowest BCUT2D eigenvalue weighted by molar-refractivity contribution is -0.128. The lowest BCUT2D eigenvalue weighted by Gasteiger charge is -2.34. The van der Waals surface area contributed by atoms with Crippen molar-refractivity contribution in [3.8, 4) is 0 Å². The molecule has 0 aliphatic heterocycles. The highest BCUT2D eigenvalue weighted by atomic mass is 32.2. The number of halogens is 2. The van der Waals surface area contributed by atoms with Crippen molar-refractivity contribution in [2.75, 3.05) is 19.3 Å². The Balaban J connectivity index is 1.77. The van der Waals surface area contributed by atoms with Gasteiger partial charge in [-0.15, -0.1) is 11.8 Å². The zero-order valence-electron chi connectivity index (χ0n) is 11.2. The van der Waals surface area contributed by atoms with Gasteiger partial charge in [0.2, 0.25) is 5.91 Å². The second kappa shape index (κ2) is 6.54. The SMILES string of the molecule is CN(CC1CC(O)C1)C(=O)CSc1ccc(F)c(F)c1. The third-order valence-corrected chi connectivity index (χ3v) is 4.40. The van der Waals surface area contributed by atoms with E-state index < -0.39 is 11.6 Å².